The fourth-order valence-corrected chi connectivity index (χ4v) is 3.64. The van der Waals surface area contributed by atoms with Crippen LogP contribution in [0.4, 0.5) is 4.39 Å². The van der Waals surface area contributed by atoms with Crippen LogP contribution in [0.5, 0.6) is 11.5 Å². The van der Waals surface area contributed by atoms with Crippen molar-refractivity contribution in [3.05, 3.63) is 119 Å². The number of carboxylic acids is 1. The molecular weight excluding hydrogens is 447 g/mol. The highest BCUT2D eigenvalue weighted by molar-refractivity contribution is 5.80. The highest BCUT2D eigenvalue weighted by atomic mass is 19.1. The molecule has 0 aliphatic heterocycles. The summed E-state index contributed by atoms with van der Waals surface area (Å²) in [7, 11) is 0. The molecule has 0 spiro atoms. The molecule has 0 aliphatic rings. The van der Waals surface area contributed by atoms with Crippen molar-refractivity contribution in [1.82, 2.24) is 9.78 Å². The van der Waals surface area contributed by atoms with Gasteiger partial charge in [-0.15, -0.1) is 0 Å². The van der Waals surface area contributed by atoms with Crippen LogP contribution in [0.25, 0.3) is 5.57 Å². The summed E-state index contributed by atoms with van der Waals surface area (Å²) in [6.07, 6.45) is 5.63. The van der Waals surface area contributed by atoms with Crippen molar-refractivity contribution in [2.24, 2.45) is 0 Å². The Balaban J connectivity index is 1.51. The van der Waals surface area contributed by atoms with E-state index < -0.39 is 12.6 Å². The van der Waals surface area contributed by atoms with E-state index >= 15 is 0 Å². The minimum absolute atomic E-state index is 0.288. The fraction of sp³-hybridized carbons (Fsp3) is 0.143. The summed E-state index contributed by atoms with van der Waals surface area (Å²) in [6, 6.07) is 21.7. The molecule has 35 heavy (non-hydrogen) atoms. The number of hydrogen-bond acceptors (Lipinski definition) is 4. The number of hydrogen-bond donors (Lipinski definition) is 1. The third-order valence-electron chi connectivity index (χ3n) is 5.36. The molecule has 3 aromatic carbocycles. The molecule has 0 unspecified atom stereocenters. The Hall–Kier alpha value is -4.39. The molecule has 7 heteroatoms. The number of carboxylic acid groups (broad SMARTS) is 1. The van der Waals surface area contributed by atoms with Crippen LogP contribution in [0, 0.1) is 12.7 Å². The fourth-order valence-electron chi connectivity index (χ4n) is 3.64. The Morgan fingerprint density at radius 3 is 2.37 bits per heavy atom. The van der Waals surface area contributed by atoms with Crippen molar-refractivity contribution in [3.63, 3.8) is 0 Å². The van der Waals surface area contributed by atoms with E-state index in [1.165, 1.54) is 12.1 Å². The molecule has 4 rings (SSSR count). The first kappa shape index (κ1) is 23.8. The summed E-state index contributed by atoms with van der Waals surface area (Å²) < 4.78 is 26.6. The molecule has 0 aliphatic carbocycles. The van der Waals surface area contributed by atoms with E-state index in [-0.39, 0.29) is 12.4 Å². The Morgan fingerprint density at radius 2 is 1.74 bits per heavy atom. The zero-order valence-electron chi connectivity index (χ0n) is 19.2. The van der Waals surface area contributed by atoms with Crippen molar-refractivity contribution in [3.8, 4) is 11.5 Å². The van der Waals surface area contributed by atoms with Crippen LogP contribution < -0.4 is 9.47 Å². The second kappa shape index (κ2) is 11.2. The van der Waals surface area contributed by atoms with Crippen LogP contribution >= 0.6 is 0 Å². The molecule has 6 nitrogen and oxygen atoms in total. The van der Waals surface area contributed by atoms with Crippen LogP contribution in [0.3, 0.4) is 0 Å². The molecule has 0 saturated heterocycles. The van der Waals surface area contributed by atoms with Crippen LogP contribution in [-0.2, 0) is 11.3 Å². The predicted octanol–water partition coefficient (Wildman–Crippen LogP) is 5.35. The van der Waals surface area contributed by atoms with Gasteiger partial charge in [-0.3, -0.25) is 4.68 Å². The van der Waals surface area contributed by atoms with Gasteiger partial charge in [0, 0.05) is 12.4 Å². The second-order valence-corrected chi connectivity index (χ2v) is 7.95. The van der Waals surface area contributed by atoms with Gasteiger partial charge >= 0.3 is 5.97 Å². The van der Waals surface area contributed by atoms with Crippen molar-refractivity contribution >= 4 is 11.5 Å². The average Bonchev–Trinajstić information content (AvgIpc) is 3.36. The minimum atomic E-state index is -1.03. The standard InChI is InChI=1S/C28H25FN2O4/c1-20-17-25(11-12-27(20)35-19-28(32)33)34-16-13-26(23-7-9-24(29)10-8-23)22-5-3-21(4-6-22)18-31-15-2-14-30-31/h2-15,17H,16,18-19H2,1H3,(H,32,33)/b26-13+. The number of aliphatic carboxylic acids is 1. The van der Waals surface area contributed by atoms with Crippen LogP contribution in [0.2, 0.25) is 0 Å². The molecule has 4 aromatic rings. The Morgan fingerprint density at radius 1 is 1.03 bits per heavy atom. The summed E-state index contributed by atoms with van der Waals surface area (Å²) in [6.45, 7) is 2.40. The number of halogens is 1. The monoisotopic (exact) mass is 472 g/mol. The van der Waals surface area contributed by atoms with Crippen LogP contribution in [0.15, 0.2) is 91.3 Å². The number of carbonyl (C=O) groups is 1. The Kier molecular flexibility index (Phi) is 7.57. The maximum Gasteiger partial charge on any atom is 0.341 e. The van der Waals surface area contributed by atoms with Crippen molar-refractivity contribution in [1.29, 1.82) is 0 Å². The first-order chi connectivity index (χ1) is 17.0. The van der Waals surface area contributed by atoms with E-state index in [2.05, 4.69) is 17.2 Å². The lowest BCUT2D eigenvalue weighted by Crippen LogP contribution is -2.10. The van der Waals surface area contributed by atoms with Crippen molar-refractivity contribution in [2.75, 3.05) is 13.2 Å². The molecule has 1 N–H and O–H groups in total. The van der Waals surface area contributed by atoms with E-state index in [1.807, 2.05) is 42.1 Å². The van der Waals surface area contributed by atoms with Gasteiger partial charge in [0.05, 0.1) is 6.54 Å². The molecule has 0 fully saturated rings. The zero-order valence-corrected chi connectivity index (χ0v) is 19.2. The smallest absolute Gasteiger partial charge is 0.341 e. The van der Waals surface area contributed by atoms with Gasteiger partial charge in [0.25, 0.3) is 0 Å². The van der Waals surface area contributed by atoms with Crippen LogP contribution in [0.1, 0.15) is 22.3 Å². The van der Waals surface area contributed by atoms with Gasteiger partial charge in [-0.2, -0.15) is 5.10 Å². The lowest BCUT2D eigenvalue weighted by molar-refractivity contribution is -0.139. The molecule has 1 aromatic heterocycles. The number of benzene rings is 3. The van der Waals surface area contributed by atoms with Crippen molar-refractivity contribution in [2.45, 2.75) is 13.5 Å². The summed E-state index contributed by atoms with van der Waals surface area (Å²) in [5.41, 5.74) is 4.68. The number of aromatic nitrogens is 2. The number of ether oxygens (including phenoxy) is 2. The largest absolute Gasteiger partial charge is 0.489 e. The van der Waals surface area contributed by atoms with Gasteiger partial charge in [0.1, 0.15) is 23.9 Å². The topological polar surface area (TPSA) is 73.6 Å². The quantitative estimate of drug-likeness (QED) is 0.337. The average molecular weight is 473 g/mol. The van der Waals surface area contributed by atoms with Gasteiger partial charge < -0.3 is 14.6 Å². The molecule has 0 atom stereocenters. The lowest BCUT2D eigenvalue weighted by atomic mass is 9.96. The Labute approximate surface area is 202 Å². The first-order valence-electron chi connectivity index (χ1n) is 11.1. The van der Waals surface area contributed by atoms with Crippen molar-refractivity contribution < 1.29 is 23.8 Å². The van der Waals surface area contributed by atoms with Gasteiger partial charge in [0.15, 0.2) is 6.61 Å². The summed E-state index contributed by atoms with van der Waals surface area (Å²) in [5, 5.41) is 13.0. The number of rotatable bonds is 10. The molecule has 1 heterocycles. The first-order valence-corrected chi connectivity index (χ1v) is 11.1. The SMILES string of the molecule is Cc1cc(OC/C=C(/c2ccc(F)cc2)c2ccc(Cn3cccn3)cc2)ccc1OCC(=O)O. The highest BCUT2D eigenvalue weighted by Crippen LogP contribution is 2.26. The third kappa shape index (κ3) is 6.57. The van der Waals surface area contributed by atoms with E-state index in [4.69, 9.17) is 14.6 Å². The Bertz CT molecular complexity index is 1300. The summed E-state index contributed by atoms with van der Waals surface area (Å²) in [5.74, 6) is -0.191. The predicted molar refractivity (Wildman–Crippen MR) is 131 cm³/mol. The third-order valence-corrected chi connectivity index (χ3v) is 5.36. The van der Waals surface area contributed by atoms with Gasteiger partial charge in [0.2, 0.25) is 0 Å². The second-order valence-electron chi connectivity index (χ2n) is 7.95. The van der Waals surface area contributed by atoms with E-state index in [9.17, 15) is 9.18 Å². The van der Waals surface area contributed by atoms with Gasteiger partial charge in [-0.1, -0.05) is 36.4 Å². The number of nitrogens with zero attached hydrogens (tertiary/aromatic N) is 2. The van der Waals surface area contributed by atoms with Crippen LogP contribution in [-0.4, -0.2) is 34.1 Å². The molecule has 0 bridgehead atoms. The summed E-state index contributed by atoms with van der Waals surface area (Å²) >= 11 is 0. The van der Waals surface area contributed by atoms with E-state index in [0.717, 1.165) is 27.8 Å². The van der Waals surface area contributed by atoms with Gasteiger partial charge in [-0.05, 0) is 77.2 Å². The normalized spacial score (nSPS) is 11.3. The number of aryl methyl sites for hydroxylation is 1. The van der Waals surface area contributed by atoms with Gasteiger partial charge in [-0.25, -0.2) is 9.18 Å². The molecular formula is C28H25FN2O4. The zero-order chi connectivity index (χ0) is 24.6. The molecule has 0 radical (unpaired) electrons. The van der Waals surface area contributed by atoms with E-state index in [0.29, 0.717) is 18.0 Å². The van der Waals surface area contributed by atoms with E-state index in [1.54, 1.807) is 36.5 Å². The lowest BCUT2D eigenvalue weighted by Gasteiger charge is -2.12. The maximum atomic E-state index is 13.5. The highest BCUT2D eigenvalue weighted by Gasteiger charge is 2.08. The molecule has 0 saturated carbocycles. The molecule has 178 valence electrons. The minimum Gasteiger partial charge on any atom is -0.489 e. The summed E-state index contributed by atoms with van der Waals surface area (Å²) in [4.78, 5) is 10.7. The molecule has 0 amide bonds. The maximum absolute atomic E-state index is 13.5.